The van der Waals surface area contributed by atoms with E-state index in [4.69, 9.17) is 4.74 Å². The Balaban J connectivity index is 1.66. The molecule has 2 aromatic rings. The van der Waals surface area contributed by atoms with E-state index in [0.717, 1.165) is 23.4 Å². The molecule has 2 aromatic carbocycles. The van der Waals surface area contributed by atoms with Crippen molar-refractivity contribution in [2.24, 2.45) is 0 Å². The van der Waals surface area contributed by atoms with Crippen molar-refractivity contribution >= 4 is 5.91 Å². The minimum absolute atomic E-state index is 0.0652. The quantitative estimate of drug-likeness (QED) is 0.943. The predicted octanol–water partition coefficient (Wildman–Crippen LogP) is 2.87. The Bertz CT molecular complexity index is 688. The second-order valence-electron chi connectivity index (χ2n) is 4.88. The maximum atomic E-state index is 13.1. The molecule has 1 aliphatic rings. The summed E-state index contributed by atoms with van der Waals surface area (Å²) in [5.41, 5.74) is 1.14. The van der Waals surface area contributed by atoms with Gasteiger partial charge in [0.05, 0.1) is 6.61 Å². The average Bonchev–Trinajstić information content (AvgIpc) is 2.91. The Morgan fingerprint density at radius 3 is 2.81 bits per heavy atom. The number of amides is 1. The monoisotopic (exact) mass is 289 g/mol. The highest BCUT2D eigenvalue weighted by atomic mass is 19.2. The summed E-state index contributed by atoms with van der Waals surface area (Å²) in [5.74, 6) is -1.54. The number of fused-ring (bicyclic) bond motifs is 1. The molecule has 108 valence electrons. The minimum Gasteiger partial charge on any atom is -0.493 e. The first-order chi connectivity index (χ1) is 10.1. The van der Waals surface area contributed by atoms with Crippen LogP contribution < -0.4 is 10.1 Å². The second-order valence-corrected chi connectivity index (χ2v) is 4.88. The first kappa shape index (κ1) is 13.5. The standard InChI is InChI=1S/C16H13F2NO2/c17-13-6-5-10(7-14(13)18)16(20)19-8-11-9-21-15-4-2-1-3-12(11)15/h1-7,11H,8-9H2,(H,19,20)/t11-/m0/s1. The van der Waals surface area contributed by atoms with Gasteiger partial charge in [-0.1, -0.05) is 18.2 Å². The van der Waals surface area contributed by atoms with Gasteiger partial charge in [-0.3, -0.25) is 4.79 Å². The molecule has 21 heavy (non-hydrogen) atoms. The molecule has 0 bridgehead atoms. The maximum Gasteiger partial charge on any atom is 0.251 e. The molecule has 1 N–H and O–H groups in total. The Morgan fingerprint density at radius 2 is 2.00 bits per heavy atom. The van der Waals surface area contributed by atoms with Gasteiger partial charge in [-0.25, -0.2) is 8.78 Å². The smallest absolute Gasteiger partial charge is 0.251 e. The van der Waals surface area contributed by atoms with Crippen molar-refractivity contribution < 1.29 is 18.3 Å². The molecule has 0 fully saturated rings. The van der Waals surface area contributed by atoms with E-state index in [2.05, 4.69) is 5.32 Å². The van der Waals surface area contributed by atoms with Gasteiger partial charge in [0.2, 0.25) is 0 Å². The van der Waals surface area contributed by atoms with Crippen LogP contribution in [0.25, 0.3) is 0 Å². The zero-order valence-corrected chi connectivity index (χ0v) is 11.1. The van der Waals surface area contributed by atoms with Crippen LogP contribution >= 0.6 is 0 Å². The lowest BCUT2D eigenvalue weighted by Gasteiger charge is -2.10. The van der Waals surface area contributed by atoms with Gasteiger partial charge >= 0.3 is 0 Å². The molecule has 1 aliphatic heterocycles. The van der Waals surface area contributed by atoms with Crippen molar-refractivity contribution in [1.29, 1.82) is 0 Å². The molecule has 3 rings (SSSR count). The molecule has 5 heteroatoms. The van der Waals surface area contributed by atoms with Gasteiger partial charge in [-0.2, -0.15) is 0 Å². The number of ether oxygens (including phenoxy) is 1. The largest absolute Gasteiger partial charge is 0.493 e. The van der Waals surface area contributed by atoms with Crippen LogP contribution in [0, 0.1) is 11.6 Å². The highest BCUT2D eigenvalue weighted by Gasteiger charge is 2.24. The number of para-hydroxylation sites is 1. The van der Waals surface area contributed by atoms with Gasteiger partial charge in [-0.05, 0) is 24.3 Å². The van der Waals surface area contributed by atoms with Crippen molar-refractivity contribution in [1.82, 2.24) is 5.32 Å². The third-order valence-electron chi connectivity index (χ3n) is 3.49. The van der Waals surface area contributed by atoms with Crippen LogP contribution in [0.15, 0.2) is 42.5 Å². The summed E-state index contributed by atoms with van der Waals surface area (Å²) >= 11 is 0. The molecule has 0 spiro atoms. The van der Waals surface area contributed by atoms with Crippen molar-refractivity contribution in [3.8, 4) is 5.75 Å². The maximum absolute atomic E-state index is 13.1. The van der Waals surface area contributed by atoms with E-state index < -0.39 is 17.5 Å². The minimum atomic E-state index is -1.03. The molecule has 0 aromatic heterocycles. The molecule has 1 atom stereocenters. The molecule has 1 amide bonds. The van der Waals surface area contributed by atoms with Gasteiger partial charge in [-0.15, -0.1) is 0 Å². The lowest BCUT2D eigenvalue weighted by atomic mass is 10.0. The van der Waals surface area contributed by atoms with E-state index in [1.54, 1.807) is 0 Å². The molecular formula is C16H13F2NO2. The third-order valence-corrected chi connectivity index (χ3v) is 3.49. The van der Waals surface area contributed by atoms with E-state index >= 15 is 0 Å². The average molecular weight is 289 g/mol. The highest BCUT2D eigenvalue weighted by molar-refractivity contribution is 5.94. The summed E-state index contributed by atoms with van der Waals surface area (Å²) in [4.78, 5) is 11.9. The van der Waals surface area contributed by atoms with Crippen LogP contribution in [0.4, 0.5) is 8.78 Å². The number of benzene rings is 2. The van der Waals surface area contributed by atoms with Gasteiger partial charge in [0.25, 0.3) is 5.91 Å². The van der Waals surface area contributed by atoms with Gasteiger partial charge in [0.1, 0.15) is 5.75 Å². The van der Waals surface area contributed by atoms with E-state index in [0.29, 0.717) is 13.2 Å². The first-order valence-electron chi connectivity index (χ1n) is 6.60. The number of rotatable bonds is 3. The molecular weight excluding hydrogens is 276 g/mol. The van der Waals surface area contributed by atoms with Crippen LogP contribution in [0.5, 0.6) is 5.75 Å². The Hall–Kier alpha value is -2.43. The Kier molecular flexibility index (Phi) is 3.56. The fraction of sp³-hybridized carbons (Fsp3) is 0.188. The number of nitrogens with one attached hydrogen (secondary N) is 1. The molecule has 1 heterocycles. The summed E-state index contributed by atoms with van der Waals surface area (Å²) in [6, 6.07) is 10.7. The van der Waals surface area contributed by atoms with Crippen LogP contribution in [-0.2, 0) is 0 Å². The Labute approximate surface area is 120 Å². The van der Waals surface area contributed by atoms with E-state index in [9.17, 15) is 13.6 Å². The molecule has 0 unspecified atom stereocenters. The predicted molar refractivity (Wildman–Crippen MR) is 73.4 cm³/mol. The molecule has 0 saturated carbocycles. The summed E-state index contributed by atoms with van der Waals surface area (Å²) in [6.45, 7) is 0.881. The van der Waals surface area contributed by atoms with Crippen molar-refractivity contribution in [3.05, 3.63) is 65.2 Å². The Morgan fingerprint density at radius 1 is 1.19 bits per heavy atom. The normalized spacial score (nSPS) is 16.2. The van der Waals surface area contributed by atoms with Crippen LogP contribution in [0.1, 0.15) is 21.8 Å². The number of halogens is 2. The van der Waals surface area contributed by atoms with E-state index in [1.165, 1.54) is 6.07 Å². The lowest BCUT2D eigenvalue weighted by molar-refractivity contribution is 0.0949. The number of hydrogen-bond donors (Lipinski definition) is 1. The number of hydrogen-bond acceptors (Lipinski definition) is 2. The van der Waals surface area contributed by atoms with Crippen LogP contribution in [0.3, 0.4) is 0 Å². The second kappa shape index (κ2) is 5.52. The molecule has 3 nitrogen and oxygen atoms in total. The fourth-order valence-electron chi connectivity index (χ4n) is 2.35. The number of carbonyl (C=O) groups excluding carboxylic acids is 1. The highest BCUT2D eigenvalue weighted by Crippen LogP contribution is 2.32. The molecule has 0 aliphatic carbocycles. The summed E-state index contributed by atoms with van der Waals surface area (Å²) in [6.07, 6.45) is 0. The summed E-state index contributed by atoms with van der Waals surface area (Å²) in [7, 11) is 0. The summed E-state index contributed by atoms with van der Waals surface area (Å²) in [5, 5.41) is 2.72. The van der Waals surface area contributed by atoms with E-state index in [1.807, 2.05) is 24.3 Å². The van der Waals surface area contributed by atoms with Crippen LogP contribution in [-0.4, -0.2) is 19.1 Å². The van der Waals surface area contributed by atoms with Crippen LogP contribution in [0.2, 0.25) is 0 Å². The fourth-order valence-corrected chi connectivity index (χ4v) is 2.35. The van der Waals surface area contributed by atoms with Crippen molar-refractivity contribution in [3.63, 3.8) is 0 Å². The van der Waals surface area contributed by atoms with E-state index in [-0.39, 0.29) is 11.5 Å². The van der Waals surface area contributed by atoms with Gasteiger partial charge < -0.3 is 10.1 Å². The summed E-state index contributed by atoms with van der Waals surface area (Å²) < 4.78 is 31.5. The van der Waals surface area contributed by atoms with Crippen molar-refractivity contribution in [2.45, 2.75) is 5.92 Å². The molecule has 0 saturated heterocycles. The topological polar surface area (TPSA) is 38.3 Å². The molecule has 0 radical (unpaired) electrons. The number of carbonyl (C=O) groups is 1. The van der Waals surface area contributed by atoms with Gasteiger partial charge in [0, 0.05) is 23.6 Å². The zero-order chi connectivity index (χ0) is 14.8. The zero-order valence-electron chi connectivity index (χ0n) is 11.1. The SMILES string of the molecule is O=C(NC[C@H]1COc2ccccc21)c1ccc(F)c(F)c1. The first-order valence-corrected chi connectivity index (χ1v) is 6.60. The van der Waals surface area contributed by atoms with Crippen molar-refractivity contribution in [2.75, 3.05) is 13.2 Å². The third kappa shape index (κ3) is 2.72. The van der Waals surface area contributed by atoms with Gasteiger partial charge in [0.15, 0.2) is 11.6 Å². The lowest BCUT2D eigenvalue weighted by Crippen LogP contribution is -2.29.